The second kappa shape index (κ2) is 2.87. The third-order valence-corrected chi connectivity index (χ3v) is 1.17. The minimum Gasteiger partial charge on any atom is -0.431 e. The van der Waals surface area contributed by atoms with Gasteiger partial charge in [-0.1, -0.05) is 0 Å². The second-order valence-corrected chi connectivity index (χ2v) is 2.32. The molecule has 0 aliphatic rings. The van der Waals surface area contributed by atoms with E-state index in [9.17, 15) is 0 Å². The fourth-order valence-corrected chi connectivity index (χ4v) is 0.741. The lowest BCUT2D eigenvalue weighted by molar-refractivity contribution is 0.572. The van der Waals surface area contributed by atoms with E-state index >= 15 is 0 Å². The monoisotopic (exact) mass is 190 g/mol. The van der Waals surface area contributed by atoms with E-state index in [1.165, 1.54) is 6.26 Å². The van der Waals surface area contributed by atoms with Crippen molar-refractivity contribution in [1.82, 2.24) is 4.98 Å². The molecule has 4 heteroatoms. The number of nitrogens with zero attached hydrogens (tertiary/aromatic N) is 1. The van der Waals surface area contributed by atoms with Gasteiger partial charge in [0, 0.05) is 6.54 Å². The lowest BCUT2D eigenvalue weighted by atomic mass is 10.7. The van der Waals surface area contributed by atoms with Crippen molar-refractivity contribution in [3.05, 3.63) is 10.9 Å². The number of nitrogens with one attached hydrogen (secondary N) is 1. The number of oxazole rings is 1. The molecule has 0 amide bonds. The van der Waals surface area contributed by atoms with Crippen LogP contribution in [0.5, 0.6) is 0 Å². The van der Waals surface area contributed by atoms with Crippen molar-refractivity contribution in [2.45, 2.75) is 6.92 Å². The van der Waals surface area contributed by atoms with Gasteiger partial charge in [0.2, 0.25) is 0 Å². The smallest absolute Gasteiger partial charge is 0.295 e. The first kappa shape index (κ1) is 6.61. The lowest BCUT2D eigenvalue weighted by Crippen LogP contribution is -1.95. The summed E-state index contributed by atoms with van der Waals surface area (Å²) < 4.78 is 5.66. The van der Waals surface area contributed by atoms with Gasteiger partial charge in [-0.15, -0.1) is 0 Å². The molecule has 1 aromatic heterocycles. The maximum atomic E-state index is 4.94. The zero-order valence-corrected chi connectivity index (χ0v) is 6.60. The molecule has 3 nitrogen and oxygen atoms in total. The van der Waals surface area contributed by atoms with Crippen LogP contribution in [0, 0.1) is 0 Å². The molecule has 0 saturated heterocycles. The minimum absolute atomic E-state index is 0.560. The average molecular weight is 191 g/mol. The summed E-state index contributed by atoms with van der Waals surface area (Å²) >= 11 is 3.16. The molecular formula is C5H7BrN2O. The van der Waals surface area contributed by atoms with Gasteiger partial charge in [-0.05, 0) is 22.9 Å². The number of hydrogen-bond donors (Lipinski definition) is 1. The van der Waals surface area contributed by atoms with Gasteiger partial charge in [-0.25, -0.2) is 0 Å². The fraction of sp³-hybridized carbons (Fsp3) is 0.400. The van der Waals surface area contributed by atoms with Gasteiger partial charge in [0.1, 0.15) is 10.9 Å². The van der Waals surface area contributed by atoms with E-state index in [0.717, 1.165) is 11.1 Å². The minimum atomic E-state index is 0.560. The number of rotatable bonds is 2. The van der Waals surface area contributed by atoms with E-state index in [1.807, 2.05) is 6.92 Å². The third-order valence-electron chi connectivity index (χ3n) is 0.804. The predicted octanol–water partition coefficient (Wildman–Crippen LogP) is 1.87. The van der Waals surface area contributed by atoms with Gasteiger partial charge in [0.15, 0.2) is 0 Å². The summed E-state index contributed by atoms with van der Waals surface area (Å²) in [7, 11) is 0. The van der Waals surface area contributed by atoms with Gasteiger partial charge in [0.05, 0.1) is 0 Å². The molecule has 1 N–H and O–H groups in total. The highest BCUT2D eigenvalue weighted by Crippen LogP contribution is 2.11. The standard InChI is InChI=1S/C5H7BrN2O/c1-2-7-5-8-4(6)3-9-5/h3H,2H2,1H3,(H,7,8). The van der Waals surface area contributed by atoms with E-state index in [4.69, 9.17) is 4.42 Å². The maximum absolute atomic E-state index is 4.94. The molecule has 0 aromatic carbocycles. The molecule has 50 valence electrons. The van der Waals surface area contributed by atoms with Crippen LogP contribution in [0.2, 0.25) is 0 Å². The summed E-state index contributed by atoms with van der Waals surface area (Å²) in [5, 5.41) is 2.92. The van der Waals surface area contributed by atoms with Crippen LogP contribution in [0.25, 0.3) is 0 Å². The summed E-state index contributed by atoms with van der Waals surface area (Å²) in [6, 6.07) is 0.560. The molecule has 0 aliphatic carbocycles. The lowest BCUT2D eigenvalue weighted by Gasteiger charge is -1.90. The number of halogens is 1. The summed E-state index contributed by atoms with van der Waals surface area (Å²) in [6.07, 6.45) is 1.54. The van der Waals surface area contributed by atoms with Gasteiger partial charge in [-0.2, -0.15) is 4.98 Å². The Hall–Kier alpha value is -0.510. The van der Waals surface area contributed by atoms with E-state index in [0.29, 0.717) is 6.01 Å². The highest BCUT2D eigenvalue weighted by molar-refractivity contribution is 9.10. The molecule has 9 heavy (non-hydrogen) atoms. The van der Waals surface area contributed by atoms with Gasteiger partial charge in [-0.3, -0.25) is 0 Å². The predicted molar refractivity (Wildman–Crippen MR) is 38.4 cm³/mol. The van der Waals surface area contributed by atoms with Crippen LogP contribution in [-0.2, 0) is 0 Å². The van der Waals surface area contributed by atoms with Crippen LogP contribution in [0.3, 0.4) is 0 Å². The van der Waals surface area contributed by atoms with E-state index in [1.54, 1.807) is 0 Å². The van der Waals surface area contributed by atoms with Crippen molar-refractivity contribution < 1.29 is 4.42 Å². The molecule has 1 aromatic rings. The Morgan fingerprint density at radius 3 is 3.11 bits per heavy atom. The Labute approximate surface area is 61.6 Å². The van der Waals surface area contributed by atoms with Crippen molar-refractivity contribution >= 4 is 21.9 Å². The summed E-state index contributed by atoms with van der Waals surface area (Å²) in [4.78, 5) is 3.94. The van der Waals surface area contributed by atoms with Crippen molar-refractivity contribution in [2.24, 2.45) is 0 Å². The van der Waals surface area contributed by atoms with Crippen LogP contribution in [-0.4, -0.2) is 11.5 Å². The largest absolute Gasteiger partial charge is 0.431 e. The molecule has 0 fully saturated rings. The SMILES string of the molecule is CCNc1nc(Br)co1. The van der Waals surface area contributed by atoms with Crippen LogP contribution >= 0.6 is 15.9 Å². The fourth-order valence-electron chi connectivity index (χ4n) is 0.487. The Balaban J connectivity index is 2.61. The van der Waals surface area contributed by atoms with Gasteiger partial charge >= 0.3 is 0 Å². The van der Waals surface area contributed by atoms with Crippen LogP contribution in [0.1, 0.15) is 6.92 Å². The van der Waals surface area contributed by atoms with Crippen molar-refractivity contribution in [3.63, 3.8) is 0 Å². The van der Waals surface area contributed by atoms with E-state index < -0.39 is 0 Å². The average Bonchev–Trinajstić information content (AvgIpc) is 2.17. The Kier molecular flexibility index (Phi) is 2.10. The first-order valence-electron chi connectivity index (χ1n) is 2.68. The molecular weight excluding hydrogens is 184 g/mol. The molecule has 0 bridgehead atoms. The zero-order valence-electron chi connectivity index (χ0n) is 5.02. The number of aromatic nitrogens is 1. The van der Waals surface area contributed by atoms with Crippen LogP contribution in [0.4, 0.5) is 6.01 Å². The first-order valence-corrected chi connectivity index (χ1v) is 3.47. The highest BCUT2D eigenvalue weighted by Gasteiger charge is 1.95. The number of hydrogen-bond acceptors (Lipinski definition) is 3. The van der Waals surface area contributed by atoms with E-state index in [-0.39, 0.29) is 0 Å². The summed E-state index contributed by atoms with van der Waals surface area (Å²) in [5.74, 6) is 0. The summed E-state index contributed by atoms with van der Waals surface area (Å²) in [5.41, 5.74) is 0. The third kappa shape index (κ3) is 1.71. The Morgan fingerprint density at radius 1 is 1.89 bits per heavy atom. The Morgan fingerprint density at radius 2 is 2.67 bits per heavy atom. The molecule has 0 unspecified atom stereocenters. The van der Waals surface area contributed by atoms with Gasteiger partial charge in [0.25, 0.3) is 6.01 Å². The van der Waals surface area contributed by atoms with Crippen LogP contribution in [0.15, 0.2) is 15.3 Å². The normalized spacial score (nSPS) is 9.56. The molecule has 0 saturated carbocycles. The molecule has 0 radical (unpaired) electrons. The Bertz CT molecular complexity index is 187. The topological polar surface area (TPSA) is 38.1 Å². The first-order chi connectivity index (χ1) is 4.33. The molecule has 1 heterocycles. The second-order valence-electron chi connectivity index (χ2n) is 1.51. The summed E-state index contributed by atoms with van der Waals surface area (Å²) in [6.45, 7) is 2.81. The zero-order chi connectivity index (χ0) is 6.69. The van der Waals surface area contributed by atoms with E-state index in [2.05, 4.69) is 26.2 Å². The number of anilines is 1. The molecule has 0 atom stereocenters. The molecule has 1 rings (SSSR count). The maximum Gasteiger partial charge on any atom is 0.295 e. The quantitative estimate of drug-likeness (QED) is 0.775. The molecule has 0 spiro atoms. The molecule has 0 aliphatic heterocycles. The van der Waals surface area contributed by atoms with Crippen molar-refractivity contribution in [1.29, 1.82) is 0 Å². The highest BCUT2D eigenvalue weighted by atomic mass is 79.9. The van der Waals surface area contributed by atoms with Gasteiger partial charge < -0.3 is 9.73 Å². The van der Waals surface area contributed by atoms with Crippen LogP contribution < -0.4 is 5.32 Å². The van der Waals surface area contributed by atoms with Crippen molar-refractivity contribution in [2.75, 3.05) is 11.9 Å². The van der Waals surface area contributed by atoms with Crippen molar-refractivity contribution in [3.8, 4) is 0 Å².